The molecule has 0 amide bonds. The highest BCUT2D eigenvalue weighted by Crippen LogP contribution is 2.41. The van der Waals surface area contributed by atoms with Gasteiger partial charge in [-0.25, -0.2) is 13.1 Å². The first-order valence-electron chi connectivity index (χ1n) is 9.35. The summed E-state index contributed by atoms with van der Waals surface area (Å²) in [7, 11) is -3.77. The van der Waals surface area contributed by atoms with Crippen molar-refractivity contribution >= 4 is 10.0 Å². The Morgan fingerprint density at radius 3 is 2.54 bits per heavy atom. The lowest BCUT2D eigenvalue weighted by Gasteiger charge is -2.09. The van der Waals surface area contributed by atoms with E-state index in [1.54, 1.807) is 6.92 Å². The third kappa shape index (κ3) is 3.49. The molecule has 0 radical (unpaired) electrons. The van der Waals surface area contributed by atoms with Crippen molar-refractivity contribution in [2.24, 2.45) is 0 Å². The number of rotatable bonds is 6. The van der Waals surface area contributed by atoms with Crippen molar-refractivity contribution in [2.75, 3.05) is 0 Å². The monoisotopic (exact) mass is 400 g/mol. The summed E-state index contributed by atoms with van der Waals surface area (Å²) >= 11 is 0. The highest BCUT2D eigenvalue weighted by atomic mass is 32.2. The van der Waals surface area contributed by atoms with E-state index < -0.39 is 10.0 Å². The molecule has 2 aromatic heterocycles. The van der Waals surface area contributed by atoms with Gasteiger partial charge in [0.25, 0.3) is 5.89 Å². The van der Waals surface area contributed by atoms with Gasteiger partial charge in [-0.15, -0.1) is 10.2 Å². The fourth-order valence-corrected chi connectivity index (χ4v) is 4.81. The van der Waals surface area contributed by atoms with Crippen LogP contribution < -0.4 is 4.72 Å². The average molecular weight is 401 g/mol. The van der Waals surface area contributed by atoms with E-state index in [0.29, 0.717) is 28.8 Å². The molecular formula is C20H24N4O3S. The molecule has 2 heterocycles. The third-order valence-electron chi connectivity index (χ3n) is 5.21. The molecule has 8 heteroatoms. The Morgan fingerprint density at radius 1 is 1.11 bits per heavy atom. The summed E-state index contributed by atoms with van der Waals surface area (Å²) in [5, 5.41) is 8.20. The van der Waals surface area contributed by atoms with Crippen LogP contribution in [0.15, 0.2) is 27.5 Å². The Bertz CT molecular complexity index is 1140. The predicted octanol–water partition coefficient (Wildman–Crippen LogP) is 3.65. The van der Waals surface area contributed by atoms with Gasteiger partial charge in [0.15, 0.2) is 0 Å². The van der Waals surface area contributed by atoms with Crippen molar-refractivity contribution in [1.29, 1.82) is 0 Å². The molecule has 1 aliphatic rings. The molecule has 28 heavy (non-hydrogen) atoms. The summed E-state index contributed by atoms with van der Waals surface area (Å²) in [5.41, 5.74) is 4.90. The van der Waals surface area contributed by atoms with Gasteiger partial charge in [-0.1, -0.05) is 18.2 Å². The minimum atomic E-state index is -3.77. The molecule has 148 valence electrons. The predicted molar refractivity (Wildman–Crippen MR) is 105 cm³/mol. The molecule has 1 aromatic carbocycles. The van der Waals surface area contributed by atoms with Gasteiger partial charge < -0.3 is 9.40 Å². The summed E-state index contributed by atoms with van der Waals surface area (Å²) in [6, 6.07) is 5.92. The van der Waals surface area contributed by atoms with Crippen molar-refractivity contribution in [3.8, 4) is 11.5 Å². The highest BCUT2D eigenvalue weighted by molar-refractivity contribution is 7.89. The van der Waals surface area contributed by atoms with E-state index in [2.05, 4.69) is 19.9 Å². The molecular weight excluding hydrogens is 376 g/mol. The van der Waals surface area contributed by atoms with Gasteiger partial charge in [0.05, 0.1) is 5.56 Å². The van der Waals surface area contributed by atoms with Crippen LogP contribution in [0.5, 0.6) is 0 Å². The van der Waals surface area contributed by atoms with Gasteiger partial charge in [0.1, 0.15) is 4.90 Å². The zero-order valence-corrected chi connectivity index (χ0v) is 17.3. The number of aryl methyl sites for hydroxylation is 4. The van der Waals surface area contributed by atoms with Crippen LogP contribution in [0.2, 0.25) is 0 Å². The molecule has 7 nitrogen and oxygen atoms in total. The smallest absolute Gasteiger partial charge is 0.250 e. The fraction of sp³-hybridized carbons (Fsp3) is 0.400. The normalized spacial score (nSPS) is 14.6. The molecule has 3 aromatic rings. The van der Waals surface area contributed by atoms with Crippen LogP contribution in [-0.2, 0) is 16.6 Å². The Morgan fingerprint density at radius 2 is 1.86 bits per heavy atom. The van der Waals surface area contributed by atoms with E-state index in [0.717, 1.165) is 24.0 Å². The van der Waals surface area contributed by atoms with Crippen LogP contribution in [0.25, 0.3) is 11.5 Å². The van der Waals surface area contributed by atoms with E-state index in [1.807, 2.05) is 39.0 Å². The first kappa shape index (κ1) is 18.9. The second-order valence-electron chi connectivity index (χ2n) is 7.54. The van der Waals surface area contributed by atoms with Crippen LogP contribution in [0.3, 0.4) is 0 Å². The van der Waals surface area contributed by atoms with E-state index in [-0.39, 0.29) is 17.3 Å². The maximum absolute atomic E-state index is 13.1. The lowest BCUT2D eigenvalue weighted by Crippen LogP contribution is -2.24. The molecule has 1 saturated carbocycles. The van der Waals surface area contributed by atoms with Crippen molar-refractivity contribution in [1.82, 2.24) is 19.9 Å². The quantitative estimate of drug-likeness (QED) is 0.658. The topological polar surface area (TPSA) is 101 Å². The standard InChI is InChI=1S/C20H24N4O3S/c1-11-5-6-15(9-12(11)2)10-21-28(25,26)18-14(4)22-13(3)17(18)20-24-23-19(27-20)16-7-8-16/h5-6,9,16,21-22H,7-8,10H2,1-4H3. The van der Waals surface area contributed by atoms with Gasteiger partial charge in [0, 0.05) is 23.9 Å². The Hall–Kier alpha value is -2.45. The van der Waals surface area contributed by atoms with Crippen molar-refractivity contribution < 1.29 is 12.8 Å². The molecule has 0 spiro atoms. The lowest BCUT2D eigenvalue weighted by atomic mass is 10.1. The molecule has 1 aliphatic carbocycles. The van der Waals surface area contributed by atoms with E-state index in [1.165, 1.54) is 5.56 Å². The molecule has 0 bridgehead atoms. The molecule has 1 fully saturated rings. The van der Waals surface area contributed by atoms with Gasteiger partial charge >= 0.3 is 0 Å². The number of H-pyrrole nitrogens is 1. The summed E-state index contributed by atoms with van der Waals surface area (Å²) in [6.07, 6.45) is 2.07. The van der Waals surface area contributed by atoms with Gasteiger partial charge in [-0.2, -0.15) is 0 Å². The SMILES string of the molecule is Cc1ccc(CNS(=O)(=O)c2c(C)[nH]c(C)c2-c2nnc(C3CC3)o2)cc1C. The molecule has 0 atom stereocenters. The van der Waals surface area contributed by atoms with E-state index >= 15 is 0 Å². The van der Waals surface area contributed by atoms with Gasteiger partial charge in [-0.3, -0.25) is 0 Å². The number of aromatic amines is 1. The fourth-order valence-electron chi connectivity index (χ4n) is 3.35. The summed E-state index contributed by atoms with van der Waals surface area (Å²) in [5.74, 6) is 1.14. The number of nitrogens with one attached hydrogen (secondary N) is 2. The number of sulfonamides is 1. The minimum Gasteiger partial charge on any atom is -0.420 e. The van der Waals surface area contributed by atoms with Gasteiger partial charge in [0.2, 0.25) is 15.9 Å². The largest absolute Gasteiger partial charge is 0.420 e. The third-order valence-corrected chi connectivity index (χ3v) is 6.78. The number of benzene rings is 1. The Balaban J connectivity index is 1.65. The lowest BCUT2D eigenvalue weighted by molar-refractivity contribution is 0.506. The summed E-state index contributed by atoms with van der Waals surface area (Å²) < 4.78 is 34.7. The van der Waals surface area contributed by atoms with Crippen LogP contribution >= 0.6 is 0 Å². The van der Waals surface area contributed by atoms with Crippen molar-refractivity contribution in [2.45, 2.75) is 57.9 Å². The average Bonchev–Trinajstić information content (AvgIpc) is 3.29. The van der Waals surface area contributed by atoms with Gasteiger partial charge in [-0.05, 0) is 57.2 Å². The number of aromatic nitrogens is 3. The van der Waals surface area contributed by atoms with E-state index in [9.17, 15) is 8.42 Å². The Labute approximate surface area is 164 Å². The number of hydrogen-bond acceptors (Lipinski definition) is 5. The highest BCUT2D eigenvalue weighted by Gasteiger charge is 2.32. The Kier molecular flexibility index (Phi) is 4.63. The number of nitrogens with zero attached hydrogens (tertiary/aromatic N) is 2. The molecule has 0 saturated heterocycles. The van der Waals surface area contributed by atoms with Crippen molar-refractivity contribution in [3.05, 3.63) is 52.2 Å². The van der Waals surface area contributed by atoms with Crippen LogP contribution in [0, 0.1) is 27.7 Å². The summed E-state index contributed by atoms with van der Waals surface area (Å²) in [6.45, 7) is 7.80. The van der Waals surface area contributed by atoms with Crippen LogP contribution in [-0.4, -0.2) is 23.6 Å². The number of hydrogen-bond donors (Lipinski definition) is 2. The zero-order valence-electron chi connectivity index (χ0n) is 16.5. The molecule has 2 N–H and O–H groups in total. The van der Waals surface area contributed by atoms with Crippen LogP contribution in [0.1, 0.15) is 52.7 Å². The second kappa shape index (κ2) is 6.86. The second-order valence-corrected chi connectivity index (χ2v) is 9.25. The van der Waals surface area contributed by atoms with Crippen molar-refractivity contribution in [3.63, 3.8) is 0 Å². The first-order chi connectivity index (χ1) is 13.3. The first-order valence-corrected chi connectivity index (χ1v) is 10.8. The molecule has 0 unspecified atom stereocenters. The zero-order chi connectivity index (χ0) is 20.1. The maximum atomic E-state index is 13.1. The van der Waals surface area contributed by atoms with Crippen LogP contribution in [0.4, 0.5) is 0 Å². The minimum absolute atomic E-state index is 0.167. The molecule has 4 rings (SSSR count). The van der Waals surface area contributed by atoms with E-state index in [4.69, 9.17) is 4.42 Å². The maximum Gasteiger partial charge on any atom is 0.250 e. The summed E-state index contributed by atoms with van der Waals surface area (Å²) in [4.78, 5) is 3.27. The molecule has 0 aliphatic heterocycles.